The van der Waals surface area contributed by atoms with Crippen molar-refractivity contribution in [2.75, 3.05) is 20.2 Å². The van der Waals surface area contributed by atoms with Crippen LogP contribution in [0.15, 0.2) is 77.3 Å². The van der Waals surface area contributed by atoms with Crippen molar-refractivity contribution in [2.45, 2.75) is 31.8 Å². The van der Waals surface area contributed by atoms with Crippen LogP contribution in [0.5, 0.6) is 17.2 Å². The molecule has 3 aromatic carbocycles. The molecule has 5 nitrogen and oxygen atoms in total. The highest BCUT2D eigenvalue weighted by Gasteiger charge is 2.21. The molecule has 1 amide bonds. The lowest BCUT2D eigenvalue weighted by Crippen LogP contribution is -2.44. The highest BCUT2D eigenvalue weighted by Crippen LogP contribution is 2.31. The Labute approximate surface area is 203 Å². The van der Waals surface area contributed by atoms with Gasteiger partial charge in [0.2, 0.25) is 5.91 Å². The maximum atomic E-state index is 12.5. The van der Waals surface area contributed by atoms with Crippen LogP contribution in [-0.2, 0) is 17.8 Å². The zero-order valence-electron chi connectivity index (χ0n) is 18.8. The lowest BCUT2D eigenvalue weighted by Gasteiger charge is -2.32. The van der Waals surface area contributed by atoms with Crippen molar-refractivity contribution in [3.63, 3.8) is 0 Å². The van der Waals surface area contributed by atoms with E-state index in [1.807, 2.05) is 60.7 Å². The van der Waals surface area contributed by atoms with Crippen LogP contribution in [0.4, 0.5) is 0 Å². The number of halogens is 1. The maximum absolute atomic E-state index is 12.5. The summed E-state index contributed by atoms with van der Waals surface area (Å²) in [4.78, 5) is 14.9. The number of methoxy groups -OCH3 is 1. The summed E-state index contributed by atoms with van der Waals surface area (Å²) in [5.74, 6) is 2.30. The van der Waals surface area contributed by atoms with Crippen molar-refractivity contribution in [1.29, 1.82) is 0 Å². The molecule has 1 aliphatic heterocycles. The third-order valence-electron chi connectivity index (χ3n) is 5.86. The van der Waals surface area contributed by atoms with E-state index in [0.717, 1.165) is 48.3 Å². The van der Waals surface area contributed by atoms with E-state index in [1.54, 1.807) is 7.11 Å². The molecule has 0 saturated carbocycles. The first-order valence-electron chi connectivity index (χ1n) is 11.3. The van der Waals surface area contributed by atoms with E-state index in [2.05, 4.69) is 38.3 Å². The number of likely N-dealkylation sites (tertiary alicyclic amines) is 1. The SMILES string of the molecule is COc1ccccc1Oc1cccc(CN2CCC(NC(=O)Cc3ccccc3Br)CC2)c1. The summed E-state index contributed by atoms with van der Waals surface area (Å²) in [7, 11) is 1.64. The lowest BCUT2D eigenvalue weighted by molar-refractivity contribution is -0.121. The highest BCUT2D eigenvalue weighted by atomic mass is 79.9. The van der Waals surface area contributed by atoms with Gasteiger partial charge in [0.25, 0.3) is 0 Å². The molecule has 172 valence electrons. The van der Waals surface area contributed by atoms with Crippen molar-refractivity contribution in [1.82, 2.24) is 10.2 Å². The number of carbonyl (C=O) groups is 1. The first kappa shape index (κ1) is 23.3. The summed E-state index contributed by atoms with van der Waals surface area (Å²) in [5.41, 5.74) is 2.22. The molecule has 1 heterocycles. The molecule has 6 heteroatoms. The van der Waals surface area contributed by atoms with Crippen molar-refractivity contribution in [2.24, 2.45) is 0 Å². The van der Waals surface area contributed by atoms with Gasteiger partial charge in [0.05, 0.1) is 13.5 Å². The fraction of sp³-hybridized carbons (Fsp3) is 0.296. The van der Waals surface area contributed by atoms with Crippen LogP contribution in [0.3, 0.4) is 0 Å². The zero-order valence-corrected chi connectivity index (χ0v) is 20.4. The van der Waals surface area contributed by atoms with Crippen molar-refractivity contribution >= 4 is 21.8 Å². The Kier molecular flexibility index (Phi) is 8.02. The van der Waals surface area contributed by atoms with E-state index in [4.69, 9.17) is 9.47 Å². The Balaban J connectivity index is 1.26. The van der Waals surface area contributed by atoms with Crippen LogP contribution in [0.25, 0.3) is 0 Å². The molecule has 0 aliphatic carbocycles. The number of amides is 1. The van der Waals surface area contributed by atoms with E-state index in [1.165, 1.54) is 5.56 Å². The molecule has 0 bridgehead atoms. The van der Waals surface area contributed by atoms with E-state index in [9.17, 15) is 4.79 Å². The number of nitrogens with one attached hydrogen (secondary N) is 1. The molecular formula is C27H29BrN2O3. The summed E-state index contributed by atoms with van der Waals surface area (Å²) in [6.45, 7) is 2.77. The quantitative estimate of drug-likeness (QED) is 0.431. The monoisotopic (exact) mass is 508 g/mol. The highest BCUT2D eigenvalue weighted by molar-refractivity contribution is 9.10. The largest absolute Gasteiger partial charge is 0.493 e. The van der Waals surface area contributed by atoms with Gasteiger partial charge in [-0.1, -0.05) is 58.4 Å². The number of carbonyl (C=O) groups excluding carboxylic acids is 1. The van der Waals surface area contributed by atoms with E-state index < -0.39 is 0 Å². The zero-order chi connectivity index (χ0) is 23.0. The Hall–Kier alpha value is -2.83. The third kappa shape index (κ3) is 6.59. The van der Waals surface area contributed by atoms with E-state index in [-0.39, 0.29) is 11.9 Å². The minimum absolute atomic E-state index is 0.0848. The molecule has 1 N–H and O–H groups in total. The average molecular weight is 509 g/mol. The Bertz CT molecular complexity index is 1080. The molecule has 0 aromatic heterocycles. The van der Waals surface area contributed by atoms with Gasteiger partial charge in [0.1, 0.15) is 5.75 Å². The number of hydrogen-bond donors (Lipinski definition) is 1. The van der Waals surface area contributed by atoms with Gasteiger partial charge in [-0.2, -0.15) is 0 Å². The Morgan fingerprint density at radius 3 is 2.48 bits per heavy atom. The molecule has 0 radical (unpaired) electrons. The number of benzene rings is 3. The number of ether oxygens (including phenoxy) is 2. The van der Waals surface area contributed by atoms with Crippen LogP contribution in [0.2, 0.25) is 0 Å². The second kappa shape index (κ2) is 11.3. The van der Waals surface area contributed by atoms with Crippen LogP contribution in [-0.4, -0.2) is 37.0 Å². The lowest BCUT2D eigenvalue weighted by atomic mass is 10.0. The normalized spacial score (nSPS) is 14.6. The van der Waals surface area contributed by atoms with Crippen molar-refractivity contribution in [3.8, 4) is 17.2 Å². The first-order valence-corrected chi connectivity index (χ1v) is 12.0. The molecule has 3 aromatic rings. The predicted octanol–water partition coefficient (Wildman–Crippen LogP) is 5.57. The minimum Gasteiger partial charge on any atom is -0.493 e. The van der Waals surface area contributed by atoms with E-state index in [0.29, 0.717) is 17.9 Å². The topological polar surface area (TPSA) is 50.8 Å². The Morgan fingerprint density at radius 2 is 1.73 bits per heavy atom. The number of rotatable bonds is 8. The summed E-state index contributed by atoms with van der Waals surface area (Å²) in [5, 5.41) is 3.21. The molecule has 1 fully saturated rings. The molecule has 4 rings (SSSR count). The fourth-order valence-corrected chi connectivity index (χ4v) is 4.55. The number of nitrogens with zero attached hydrogens (tertiary/aromatic N) is 1. The van der Waals surface area contributed by atoms with Crippen LogP contribution in [0.1, 0.15) is 24.0 Å². The smallest absolute Gasteiger partial charge is 0.224 e. The fourth-order valence-electron chi connectivity index (χ4n) is 4.12. The summed E-state index contributed by atoms with van der Waals surface area (Å²) in [6, 6.07) is 24.0. The minimum atomic E-state index is 0.0848. The maximum Gasteiger partial charge on any atom is 0.224 e. The van der Waals surface area contributed by atoms with Crippen LogP contribution in [0, 0.1) is 0 Å². The van der Waals surface area contributed by atoms with Gasteiger partial charge in [-0.15, -0.1) is 0 Å². The number of para-hydroxylation sites is 2. The summed E-state index contributed by atoms with van der Waals surface area (Å²) in [6.07, 6.45) is 2.32. The number of hydrogen-bond acceptors (Lipinski definition) is 4. The first-order chi connectivity index (χ1) is 16.1. The molecule has 1 saturated heterocycles. The summed E-state index contributed by atoms with van der Waals surface area (Å²) >= 11 is 3.52. The van der Waals surface area contributed by atoms with E-state index >= 15 is 0 Å². The molecular weight excluding hydrogens is 480 g/mol. The van der Waals surface area contributed by atoms with Crippen LogP contribution >= 0.6 is 15.9 Å². The van der Waals surface area contributed by atoms with Gasteiger partial charge in [-0.25, -0.2) is 0 Å². The Morgan fingerprint density at radius 1 is 1.00 bits per heavy atom. The van der Waals surface area contributed by atoms with Gasteiger partial charge in [0.15, 0.2) is 11.5 Å². The number of piperidine rings is 1. The molecule has 0 spiro atoms. The second-order valence-corrected chi connectivity index (χ2v) is 9.14. The molecule has 1 aliphatic rings. The van der Waals surface area contributed by atoms with Crippen molar-refractivity contribution < 1.29 is 14.3 Å². The molecule has 0 unspecified atom stereocenters. The second-order valence-electron chi connectivity index (χ2n) is 8.29. The standard InChI is InChI=1S/C27H29BrN2O3/c1-32-25-11-4-5-12-26(25)33-23-9-6-7-20(17-23)19-30-15-13-22(14-16-30)29-27(31)18-21-8-2-3-10-24(21)28/h2-12,17,22H,13-16,18-19H2,1H3,(H,29,31). The van der Waals surface area contributed by atoms with Gasteiger partial charge in [-0.05, 0) is 54.3 Å². The molecule has 33 heavy (non-hydrogen) atoms. The van der Waals surface area contributed by atoms with Gasteiger partial charge in [0, 0.05) is 30.1 Å². The van der Waals surface area contributed by atoms with Crippen molar-refractivity contribution in [3.05, 3.63) is 88.4 Å². The molecule has 0 atom stereocenters. The third-order valence-corrected chi connectivity index (χ3v) is 6.64. The van der Waals surface area contributed by atoms with Gasteiger partial charge >= 0.3 is 0 Å². The van der Waals surface area contributed by atoms with Gasteiger partial charge in [-0.3, -0.25) is 9.69 Å². The average Bonchev–Trinajstić information content (AvgIpc) is 2.82. The van der Waals surface area contributed by atoms with Crippen LogP contribution < -0.4 is 14.8 Å². The summed E-state index contributed by atoms with van der Waals surface area (Å²) < 4.78 is 12.4. The predicted molar refractivity (Wildman–Crippen MR) is 134 cm³/mol. The van der Waals surface area contributed by atoms with Gasteiger partial charge < -0.3 is 14.8 Å².